The lowest BCUT2D eigenvalue weighted by Gasteiger charge is -2.38. The van der Waals surface area contributed by atoms with Gasteiger partial charge < -0.3 is 15.0 Å². The molecule has 2 aromatic carbocycles. The molecule has 0 aliphatic carbocycles. The van der Waals surface area contributed by atoms with E-state index in [9.17, 15) is 9.90 Å². The molecule has 1 fully saturated rings. The number of H-pyrrole nitrogens is 1. The van der Waals surface area contributed by atoms with Crippen molar-refractivity contribution in [2.45, 2.75) is 18.9 Å². The number of rotatable bonds is 4. The van der Waals surface area contributed by atoms with Gasteiger partial charge in [0.1, 0.15) is 0 Å². The molecule has 1 atom stereocenters. The van der Waals surface area contributed by atoms with Crippen LogP contribution in [-0.2, 0) is 0 Å². The Morgan fingerprint density at radius 1 is 1.13 bits per heavy atom. The van der Waals surface area contributed by atoms with E-state index in [0.29, 0.717) is 18.9 Å². The summed E-state index contributed by atoms with van der Waals surface area (Å²) in [6, 6.07) is 15.3. The number of carbonyl (C=O) groups is 1. The molecular formula is C23H21N5O2. The molecule has 3 heterocycles. The van der Waals surface area contributed by atoms with Gasteiger partial charge in [-0.2, -0.15) is 0 Å². The van der Waals surface area contributed by atoms with Crippen molar-refractivity contribution in [3.05, 3.63) is 78.0 Å². The molecule has 1 aliphatic rings. The topological polar surface area (TPSA) is 95.0 Å². The van der Waals surface area contributed by atoms with E-state index >= 15 is 0 Å². The van der Waals surface area contributed by atoms with Crippen molar-refractivity contribution >= 4 is 16.9 Å². The molecule has 0 saturated carbocycles. The Balaban J connectivity index is 1.36. The van der Waals surface area contributed by atoms with E-state index in [-0.39, 0.29) is 11.8 Å². The van der Waals surface area contributed by atoms with Crippen LogP contribution in [0.25, 0.3) is 22.3 Å². The van der Waals surface area contributed by atoms with E-state index in [2.05, 4.69) is 19.9 Å². The van der Waals surface area contributed by atoms with Gasteiger partial charge in [0.25, 0.3) is 5.91 Å². The third-order valence-corrected chi connectivity index (χ3v) is 5.52. The van der Waals surface area contributed by atoms with E-state index in [1.54, 1.807) is 24.2 Å². The molecule has 1 saturated heterocycles. The van der Waals surface area contributed by atoms with Crippen LogP contribution in [0.1, 0.15) is 40.8 Å². The van der Waals surface area contributed by atoms with Crippen molar-refractivity contribution in [2.24, 2.45) is 0 Å². The van der Waals surface area contributed by atoms with E-state index in [1.807, 2.05) is 48.5 Å². The van der Waals surface area contributed by atoms with E-state index in [4.69, 9.17) is 0 Å². The third kappa shape index (κ3) is 3.23. The second-order valence-corrected chi connectivity index (χ2v) is 7.60. The molecular weight excluding hydrogens is 378 g/mol. The Kier molecular flexibility index (Phi) is 4.52. The minimum atomic E-state index is -0.550. The molecule has 4 aromatic rings. The second kappa shape index (κ2) is 7.35. The zero-order valence-corrected chi connectivity index (χ0v) is 16.5. The van der Waals surface area contributed by atoms with Crippen molar-refractivity contribution in [1.82, 2.24) is 24.8 Å². The van der Waals surface area contributed by atoms with Gasteiger partial charge in [0.2, 0.25) is 0 Å². The number of amides is 1. The van der Waals surface area contributed by atoms with Crippen molar-refractivity contribution in [3.63, 3.8) is 0 Å². The highest BCUT2D eigenvalue weighted by atomic mass is 16.3. The Labute approximate surface area is 173 Å². The monoisotopic (exact) mass is 399 g/mol. The third-order valence-electron chi connectivity index (χ3n) is 5.52. The average Bonchev–Trinajstić information content (AvgIpc) is 3.17. The Hall–Kier alpha value is -3.58. The molecule has 0 radical (unpaired) electrons. The number of aromatic nitrogens is 4. The normalized spacial score (nSPS) is 15.2. The van der Waals surface area contributed by atoms with Crippen molar-refractivity contribution < 1.29 is 9.90 Å². The largest absolute Gasteiger partial charge is 0.389 e. The highest BCUT2D eigenvalue weighted by molar-refractivity contribution is 5.94. The fraction of sp³-hybridized carbons (Fsp3) is 0.217. The molecule has 30 heavy (non-hydrogen) atoms. The number of nitrogens with one attached hydrogen (secondary N) is 1. The first-order valence-corrected chi connectivity index (χ1v) is 9.93. The van der Waals surface area contributed by atoms with E-state index in [0.717, 1.165) is 33.5 Å². The van der Waals surface area contributed by atoms with Crippen LogP contribution < -0.4 is 0 Å². The Bertz CT molecular complexity index is 1190. The SMILES string of the molecule is C[C@@H](O)c1cccc(-c2nccnc2C2CN(C(=O)c3nc4ccccc4[nH]3)C2)c1. The number of hydrogen-bond acceptors (Lipinski definition) is 5. The van der Waals surface area contributed by atoms with Crippen molar-refractivity contribution in [3.8, 4) is 11.3 Å². The molecule has 1 aliphatic heterocycles. The highest BCUT2D eigenvalue weighted by Crippen LogP contribution is 2.33. The van der Waals surface area contributed by atoms with Crippen LogP contribution in [0.3, 0.4) is 0 Å². The maximum absolute atomic E-state index is 12.8. The van der Waals surface area contributed by atoms with Gasteiger partial charge in [-0.1, -0.05) is 30.3 Å². The highest BCUT2D eigenvalue weighted by Gasteiger charge is 2.36. The zero-order valence-electron chi connectivity index (χ0n) is 16.5. The smallest absolute Gasteiger partial charge is 0.289 e. The molecule has 150 valence electrons. The van der Waals surface area contributed by atoms with Crippen LogP contribution >= 0.6 is 0 Å². The van der Waals surface area contributed by atoms with E-state index < -0.39 is 6.10 Å². The fourth-order valence-electron chi connectivity index (χ4n) is 3.84. The average molecular weight is 399 g/mol. The van der Waals surface area contributed by atoms with Crippen LogP contribution in [0.4, 0.5) is 0 Å². The summed E-state index contributed by atoms with van der Waals surface area (Å²) in [6.45, 7) is 2.87. The number of aromatic amines is 1. The number of nitrogens with zero attached hydrogens (tertiary/aromatic N) is 4. The number of fused-ring (bicyclic) bond motifs is 1. The molecule has 2 N–H and O–H groups in total. The number of aliphatic hydroxyl groups is 1. The molecule has 7 nitrogen and oxygen atoms in total. The van der Waals surface area contributed by atoms with Gasteiger partial charge in [0, 0.05) is 37.0 Å². The van der Waals surface area contributed by atoms with Gasteiger partial charge in [-0.15, -0.1) is 0 Å². The van der Waals surface area contributed by atoms with Crippen molar-refractivity contribution in [1.29, 1.82) is 0 Å². The first-order valence-electron chi connectivity index (χ1n) is 9.93. The van der Waals surface area contributed by atoms with Gasteiger partial charge in [0.15, 0.2) is 5.82 Å². The number of benzene rings is 2. The lowest BCUT2D eigenvalue weighted by molar-refractivity contribution is 0.0587. The quantitative estimate of drug-likeness (QED) is 0.549. The van der Waals surface area contributed by atoms with Crippen LogP contribution in [0.2, 0.25) is 0 Å². The summed E-state index contributed by atoms with van der Waals surface area (Å²) in [5.74, 6) is 0.361. The Morgan fingerprint density at radius 3 is 2.73 bits per heavy atom. The molecule has 7 heteroatoms. The number of aliphatic hydroxyl groups excluding tert-OH is 1. The van der Waals surface area contributed by atoms with E-state index in [1.165, 1.54) is 0 Å². The summed E-state index contributed by atoms with van der Waals surface area (Å²) in [5.41, 5.74) is 5.05. The second-order valence-electron chi connectivity index (χ2n) is 7.60. The summed E-state index contributed by atoms with van der Waals surface area (Å²) >= 11 is 0. The molecule has 0 spiro atoms. The molecule has 2 aromatic heterocycles. The first kappa shape index (κ1) is 18.4. The van der Waals surface area contributed by atoms with Crippen LogP contribution in [0.5, 0.6) is 0 Å². The maximum atomic E-state index is 12.8. The van der Waals surface area contributed by atoms with Gasteiger partial charge in [-0.05, 0) is 30.7 Å². The molecule has 0 unspecified atom stereocenters. The summed E-state index contributed by atoms with van der Waals surface area (Å²) in [5, 5.41) is 9.90. The zero-order chi connectivity index (χ0) is 20.7. The first-order chi connectivity index (χ1) is 14.6. The van der Waals surface area contributed by atoms with Gasteiger partial charge in [-0.3, -0.25) is 14.8 Å². The number of likely N-dealkylation sites (tertiary alicyclic amines) is 1. The van der Waals surface area contributed by atoms with Gasteiger partial charge >= 0.3 is 0 Å². The predicted octanol–water partition coefficient (Wildman–Crippen LogP) is 3.31. The predicted molar refractivity (Wildman–Crippen MR) is 113 cm³/mol. The summed E-state index contributed by atoms with van der Waals surface area (Å²) in [4.78, 5) is 31.2. The standard InChI is InChI=1S/C23H21N5O2/c1-14(29)15-5-4-6-16(11-15)20-21(25-10-9-24-20)17-12-28(13-17)23(30)22-26-18-7-2-3-8-19(18)27-22/h2-11,14,17,29H,12-13H2,1H3,(H,26,27)/t14-/m1/s1. The van der Waals surface area contributed by atoms with Crippen molar-refractivity contribution in [2.75, 3.05) is 13.1 Å². The summed E-state index contributed by atoms with van der Waals surface area (Å²) in [7, 11) is 0. The number of imidazole rings is 1. The fourth-order valence-corrected chi connectivity index (χ4v) is 3.84. The summed E-state index contributed by atoms with van der Waals surface area (Å²) in [6.07, 6.45) is 2.80. The maximum Gasteiger partial charge on any atom is 0.289 e. The lowest BCUT2D eigenvalue weighted by atomic mass is 9.91. The van der Waals surface area contributed by atoms with Crippen LogP contribution in [-0.4, -0.2) is 48.9 Å². The molecule has 1 amide bonds. The van der Waals surface area contributed by atoms with Gasteiger partial charge in [0.05, 0.1) is 28.5 Å². The summed E-state index contributed by atoms with van der Waals surface area (Å²) < 4.78 is 0. The number of hydrogen-bond donors (Lipinski definition) is 2. The molecule has 0 bridgehead atoms. The number of para-hydroxylation sites is 2. The minimum Gasteiger partial charge on any atom is -0.389 e. The minimum absolute atomic E-state index is 0.107. The van der Waals surface area contributed by atoms with Crippen LogP contribution in [0.15, 0.2) is 60.9 Å². The van der Waals surface area contributed by atoms with Gasteiger partial charge in [-0.25, -0.2) is 4.98 Å². The number of carbonyl (C=O) groups excluding carboxylic acids is 1. The lowest BCUT2D eigenvalue weighted by Crippen LogP contribution is -2.49. The molecule has 5 rings (SSSR count). The Morgan fingerprint density at radius 2 is 1.93 bits per heavy atom. The van der Waals surface area contributed by atoms with Crippen LogP contribution in [0, 0.1) is 0 Å².